The molecule has 0 fully saturated rings. The number of hydrogen-bond donors (Lipinski definition) is 1. The van der Waals surface area contributed by atoms with E-state index in [1.54, 1.807) is 0 Å². The number of H-pyrrole nitrogens is 1. The molecule has 1 aliphatic rings. The lowest BCUT2D eigenvalue weighted by molar-refractivity contribution is 0.597. The molecule has 2 aromatic heterocycles. The van der Waals surface area contributed by atoms with Gasteiger partial charge in [0, 0.05) is 6.42 Å². The zero-order valence-electron chi connectivity index (χ0n) is 8.79. The van der Waals surface area contributed by atoms with E-state index in [1.165, 1.54) is 6.33 Å². The van der Waals surface area contributed by atoms with Crippen molar-refractivity contribution in [1.82, 2.24) is 25.1 Å². The molecule has 1 N–H and O–H groups in total. The van der Waals surface area contributed by atoms with Crippen LogP contribution in [-0.2, 0) is 16.3 Å². The highest BCUT2D eigenvalue weighted by atomic mass is 35.5. The first-order chi connectivity index (χ1) is 8.56. The minimum atomic E-state index is -3.32. The summed E-state index contributed by atoms with van der Waals surface area (Å²) in [6.45, 7) is 0. The van der Waals surface area contributed by atoms with Crippen LogP contribution in [0.5, 0.6) is 0 Å². The van der Waals surface area contributed by atoms with E-state index in [4.69, 9.17) is 11.6 Å². The molecule has 0 saturated carbocycles. The molecule has 0 aliphatic carbocycles. The van der Waals surface area contributed by atoms with E-state index in [2.05, 4.69) is 25.1 Å². The van der Waals surface area contributed by atoms with Crippen LogP contribution in [0.2, 0.25) is 5.28 Å². The van der Waals surface area contributed by atoms with Crippen molar-refractivity contribution in [3.8, 4) is 0 Å². The lowest BCUT2D eigenvalue weighted by Gasteiger charge is -2.04. The summed E-state index contributed by atoms with van der Waals surface area (Å²) >= 11 is 6.86. The summed E-state index contributed by atoms with van der Waals surface area (Å²) < 4.78 is 23.9. The predicted molar refractivity (Wildman–Crippen MR) is 63.3 cm³/mol. The number of fused-ring (bicyclic) bond motifs is 1. The van der Waals surface area contributed by atoms with Crippen molar-refractivity contribution in [2.75, 3.05) is 5.75 Å². The third-order valence-electron chi connectivity index (χ3n) is 2.38. The maximum Gasteiger partial charge on any atom is 0.223 e. The molecule has 3 rings (SSSR count). The van der Waals surface area contributed by atoms with E-state index in [0.29, 0.717) is 22.3 Å². The Morgan fingerprint density at radius 2 is 2.22 bits per heavy atom. The van der Waals surface area contributed by atoms with E-state index in [0.717, 1.165) is 11.8 Å². The predicted octanol–water partition coefficient (Wildman–Crippen LogP) is 0.729. The molecule has 0 radical (unpaired) electrons. The van der Waals surface area contributed by atoms with Crippen LogP contribution in [0, 0.1) is 0 Å². The third kappa shape index (κ3) is 1.98. The van der Waals surface area contributed by atoms with Crippen LogP contribution in [0.15, 0.2) is 21.4 Å². The Morgan fingerprint density at radius 3 is 2.94 bits per heavy atom. The number of rotatable bonds is 2. The number of hydrogen-bond acceptors (Lipinski definition) is 7. The highest BCUT2D eigenvalue weighted by Gasteiger charge is 2.32. The minimum Gasteiger partial charge on any atom is -0.254 e. The summed E-state index contributed by atoms with van der Waals surface area (Å²) in [5.41, 5.74) is 0.469. The Balaban J connectivity index is 2.15. The molecule has 94 valence electrons. The molecule has 1 aliphatic heterocycles. The van der Waals surface area contributed by atoms with Crippen molar-refractivity contribution in [2.45, 2.75) is 21.5 Å². The van der Waals surface area contributed by atoms with Gasteiger partial charge in [-0.15, -0.1) is 0 Å². The van der Waals surface area contributed by atoms with Gasteiger partial charge in [0.25, 0.3) is 0 Å². The van der Waals surface area contributed by atoms with Gasteiger partial charge in [-0.1, -0.05) is 0 Å². The molecule has 0 saturated heterocycles. The van der Waals surface area contributed by atoms with Gasteiger partial charge in [0.05, 0.1) is 11.4 Å². The minimum absolute atomic E-state index is 0.0351. The van der Waals surface area contributed by atoms with Gasteiger partial charge in [-0.25, -0.2) is 23.4 Å². The Kier molecular flexibility index (Phi) is 2.76. The SMILES string of the molecule is O=S1(=O)CCc2nc(Cl)nc(Sc3ncn[nH]3)c21. The van der Waals surface area contributed by atoms with Crippen molar-refractivity contribution in [3.05, 3.63) is 17.3 Å². The smallest absolute Gasteiger partial charge is 0.223 e. The monoisotopic (exact) mass is 303 g/mol. The number of aryl methyl sites for hydroxylation is 1. The third-order valence-corrected chi connectivity index (χ3v) is 5.35. The fraction of sp³-hybridized carbons (Fsp3) is 0.250. The second-order valence-electron chi connectivity index (χ2n) is 3.54. The van der Waals surface area contributed by atoms with Crippen molar-refractivity contribution in [3.63, 3.8) is 0 Å². The average molecular weight is 304 g/mol. The van der Waals surface area contributed by atoms with Gasteiger partial charge >= 0.3 is 0 Å². The summed E-state index contributed by atoms with van der Waals surface area (Å²) in [7, 11) is -3.32. The largest absolute Gasteiger partial charge is 0.254 e. The lowest BCUT2D eigenvalue weighted by atomic mass is 10.3. The maximum atomic E-state index is 11.9. The van der Waals surface area contributed by atoms with Crippen LogP contribution in [0.25, 0.3) is 0 Å². The summed E-state index contributed by atoms with van der Waals surface area (Å²) in [5, 5.41) is 7.09. The van der Waals surface area contributed by atoms with Crippen LogP contribution in [0.3, 0.4) is 0 Å². The van der Waals surface area contributed by atoms with Gasteiger partial charge in [-0.2, -0.15) is 5.10 Å². The Bertz CT molecular complexity index is 701. The van der Waals surface area contributed by atoms with Crippen LogP contribution in [0.4, 0.5) is 0 Å². The van der Waals surface area contributed by atoms with Crippen LogP contribution in [0.1, 0.15) is 5.69 Å². The van der Waals surface area contributed by atoms with Crippen LogP contribution >= 0.6 is 23.4 Å². The summed E-state index contributed by atoms with van der Waals surface area (Å²) in [4.78, 5) is 12.0. The van der Waals surface area contributed by atoms with Crippen molar-refractivity contribution >= 4 is 33.2 Å². The summed E-state index contributed by atoms with van der Waals surface area (Å²) in [6.07, 6.45) is 1.70. The molecule has 0 unspecified atom stereocenters. The molecule has 0 amide bonds. The molecule has 3 heterocycles. The van der Waals surface area contributed by atoms with Gasteiger partial charge in [-0.05, 0) is 23.4 Å². The summed E-state index contributed by atoms with van der Waals surface area (Å²) in [6, 6.07) is 0. The number of aromatic amines is 1. The fourth-order valence-electron chi connectivity index (χ4n) is 1.66. The number of nitrogens with one attached hydrogen (secondary N) is 1. The Hall–Kier alpha value is -1.19. The zero-order valence-corrected chi connectivity index (χ0v) is 11.2. The number of sulfone groups is 1. The van der Waals surface area contributed by atoms with Crippen molar-refractivity contribution in [1.29, 1.82) is 0 Å². The molecule has 0 atom stereocenters. The van der Waals surface area contributed by atoms with E-state index in [-0.39, 0.29) is 15.9 Å². The number of nitrogens with zero attached hydrogens (tertiary/aromatic N) is 4. The standard InChI is InChI=1S/C8H6ClN5O2S2/c9-7-12-4-1-2-18(15,16)5(4)6(13-7)17-8-10-3-11-14-8/h3H,1-2H2,(H,10,11,14). The molecule has 2 aromatic rings. The molecule has 0 spiro atoms. The molecule has 10 heteroatoms. The molecule has 18 heavy (non-hydrogen) atoms. The molecule has 0 aromatic carbocycles. The second-order valence-corrected chi connectivity index (χ2v) is 6.90. The van der Waals surface area contributed by atoms with Crippen molar-refractivity contribution < 1.29 is 8.42 Å². The quantitative estimate of drug-likeness (QED) is 0.644. The van der Waals surface area contributed by atoms with Crippen molar-refractivity contribution in [2.24, 2.45) is 0 Å². The van der Waals surface area contributed by atoms with Gasteiger partial charge < -0.3 is 0 Å². The topological polar surface area (TPSA) is 101 Å². The fourth-order valence-corrected chi connectivity index (χ4v) is 4.62. The maximum absolute atomic E-state index is 11.9. The second kappa shape index (κ2) is 4.18. The normalized spacial score (nSPS) is 16.7. The highest BCUT2D eigenvalue weighted by Crippen LogP contribution is 2.35. The van der Waals surface area contributed by atoms with Gasteiger partial charge in [0.1, 0.15) is 16.2 Å². The molecular formula is C8H6ClN5O2S2. The van der Waals surface area contributed by atoms with Gasteiger partial charge in [-0.3, -0.25) is 5.10 Å². The first kappa shape index (κ1) is 11.9. The molecule has 7 nitrogen and oxygen atoms in total. The van der Waals surface area contributed by atoms with Gasteiger partial charge in [0.15, 0.2) is 15.0 Å². The van der Waals surface area contributed by atoms with Gasteiger partial charge in [0.2, 0.25) is 5.28 Å². The van der Waals surface area contributed by atoms with E-state index >= 15 is 0 Å². The summed E-state index contributed by atoms with van der Waals surface area (Å²) in [5.74, 6) is 0.0430. The molecule has 0 bridgehead atoms. The van der Waals surface area contributed by atoms with Crippen LogP contribution in [-0.4, -0.2) is 39.3 Å². The number of aromatic nitrogens is 5. The zero-order chi connectivity index (χ0) is 12.8. The van der Waals surface area contributed by atoms with E-state index in [1.807, 2.05) is 0 Å². The van der Waals surface area contributed by atoms with E-state index < -0.39 is 9.84 Å². The first-order valence-corrected chi connectivity index (χ1v) is 7.73. The average Bonchev–Trinajstić information content (AvgIpc) is 2.87. The molecular weight excluding hydrogens is 298 g/mol. The first-order valence-electron chi connectivity index (χ1n) is 4.88. The Morgan fingerprint density at radius 1 is 1.39 bits per heavy atom. The van der Waals surface area contributed by atoms with Crippen LogP contribution < -0.4 is 0 Å². The lowest BCUT2D eigenvalue weighted by Crippen LogP contribution is -2.03. The Labute approximate surface area is 111 Å². The van der Waals surface area contributed by atoms with E-state index in [9.17, 15) is 8.42 Å². The number of halogens is 1. The highest BCUT2D eigenvalue weighted by molar-refractivity contribution is 8.00.